The van der Waals surface area contributed by atoms with Crippen molar-refractivity contribution in [3.8, 4) is 0 Å². The zero-order valence-electron chi connectivity index (χ0n) is 47.3. The minimum atomic E-state index is -0.843. The minimum Gasteiger partial charge on any atom is -0.481 e. The number of hydrogen-bond acceptors (Lipinski definition) is 15. The number of carbonyl (C=O) groups excluding carboxylic acids is 6. The van der Waals surface area contributed by atoms with Crippen molar-refractivity contribution in [1.29, 1.82) is 0 Å². The Labute approximate surface area is 460 Å². The summed E-state index contributed by atoms with van der Waals surface area (Å²) in [5, 5.41) is 34.1. The third-order valence-corrected chi connectivity index (χ3v) is 12.3. The highest BCUT2D eigenvalue weighted by atomic mass is 32.1. The molecule has 1 atom stereocenters. The Morgan fingerprint density at radius 2 is 0.805 bits per heavy atom. The molecule has 77 heavy (non-hydrogen) atoms. The van der Waals surface area contributed by atoms with Crippen molar-refractivity contribution >= 4 is 73.0 Å². The standard InChI is InChI=1S/C19H26O4.2C11H18O4.C11H16O4.C5H6O3.H2S/c1-13(15-8-6-5-7-9-15)22-18(21)16-10-14(11-16)12-17(20)23-19(2,3)4;3*1-11(2,3)15-9(12)6-7-4-8(5-7)10(13)14;6-4-1-3(2-4)5(7)8;/h5-9,13-14,16H,10-12H2,1-4H3;2*7-8H,4-6H2,1-3H3,(H,13,14);6,8H,4-5H2,1-3H3,(H,13,14);3H,1-2H2,(H,7,8);1H2/t13-,14?,16?;;;;;/m0...../s1. The maximum absolute atomic E-state index is 12.1. The number of hydrogen-bond donors (Lipinski definition) is 4. The smallest absolute Gasteiger partial charge is 0.331 e. The van der Waals surface area contributed by atoms with E-state index in [4.69, 9.17) is 44.1 Å². The molecule has 4 N–H and O–H groups in total. The fourth-order valence-electron chi connectivity index (χ4n) is 8.25. The Morgan fingerprint density at radius 1 is 0.494 bits per heavy atom. The summed E-state index contributed by atoms with van der Waals surface area (Å²) in [6.45, 7) is 23.8. The lowest BCUT2D eigenvalue weighted by atomic mass is 9.73. The number of carboxylic acid groups (broad SMARTS) is 4. The molecule has 1 aromatic carbocycles. The fourth-order valence-corrected chi connectivity index (χ4v) is 8.25. The first kappa shape index (κ1) is 69.2. The van der Waals surface area contributed by atoms with Gasteiger partial charge in [-0.3, -0.25) is 43.2 Å². The van der Waals surface area contributed by atoms with Crippen molar-refractivity contribution in [1.82, 2.24) is 0 Å². The second-order valence-corrected chi connectivity index (χ2v) is 24.4. The van der Waals surface area contributed by atoms with Gasteiger partial charge in [-0.1, -0.05) is 35.9 Å². The van der Waals surface area contributed by atoms with Crippen molar-refractivity contribution < 1.29 is 92.1 Å². The van der Waals surface area contributed by atoms with Crippen LogP contribution in [0.4, 0.5) is 0 Å². The molecule has 5 fully saturated rings. The van der Waals surface area contributed by atoms with Gasteiger partial charge in [0.15, 0.2) is 0 Å². The normalized spacial score (nSPS) is 22.6. The molecule has 0 aromatic heterocycles. The van der Waals surface area contributed by atoms with E-state index in [-0.39, 0.29) is 115 Å². The lowest BCUT2D eigenvalue weighted by molar-refractivity contribution is -0.163. The minimum absolute atomic E-state index is 0. The lowest BCUT2D eigenvalue weighted by Gasteiger charge is -2.34. The van der Waals surface area contributed by atoms with E-state index in [0.717, 1.165) is 11.1 Å². The summed E-state index contributed by atoms with van der Waals surface area (Å²) in [5.74, 6) is -4.94. The van der Waals surface area contributed by atoms with Crippen LogP contribution in [0.15, 0.2) is 42.0 Å². The van der Waals surface area contributed by atoms with E-state index in [1.165, 1.54) is 6.08 Å². The van der Waals surface area contributed by atoms with Gasteiger partial charge in [0.05, 0.1) is 29.6 Å². The van der Waals surface area contributed by atoms with Crippen LogP contribution in [0.3, 0.4) is 0 Å². The number of Topliss-reactive ketones (excluding diaryl/α,β-unsaturated/α-hetero) is 1. The highest BCUT2D eigenvalue weighted by Gasteiger charge is 2.40. The molecule has 0 saturated heterocycles. The molecule has 0 spiro atoms. The first-order chi connectivity index (χ1) is 34.8. The summed E-state index contributed by atoms with van der Waals surface area (Å²) in [6, 6.07) is 9.69. The number of ketones is 1. The molecule has 20 heteroatoms. The van der Waals surface area contributed by atoms with Crippen LogP contribution in [0.2, 0.25) is 0 Å². The second kappa shape index (κ2) is 30.4. The zero-order valence-corrected chi connectivity index (χ0v) is 48.3. The molecule has 0 radical (unpaired) electrons. The van der Waals surface area contributed by atoms with Crippen LogP contribution in [0.1, 0.15) is 185 Å². The highest BCUT2D eigenvalue weighted by Crippen LogP contribution is 2.40. The number of aliphatic carboxylic acids is 4. The Morgan fingerprint density at radius 3 is 1.09 bits per heavy atom. The predicted octanol–water partition coefficient (Wildman–Crippen LogP) is 9.62. The van der Waals surface area contributed by atoms with Crippen LogP contribution in [-0.4, -0.2) is 102 Å². The van der Waals surface area contributed by atoms with Gasteiger partial charge in [-0.25, -0.2) is 4.79 Å². The molecule has 0 heterocycles. The summed E-state index contributed by atoms with van der Waals surface area (Å²) >= 11 is 0. The van der Waals surface area contributed by atoms with Crippen LogP contribution in [-0.2, 0) is 71.6 Å². The number of allylic oxidation sites excluding steroid dienone is 1. The molecule has 0 bridgehead atoms. The van der Waals surface area contributed by atoms with Gasteiger partial charge in [-0.15, -0.1) is 0 Å². The summed E-state index contributed by atoms with van der Waals surface area (Å²) < 4.78 is 26.2. The number of ether oxygens (including phenoxy) is 5. The SMILES string of the molecule is CC(C)(C)OC(=O)C=C1CC(C(=O)O)C1.CC(C)(C)OC(=O)CC1CC(C(=O)O)C1.CC(C)(C)OC(=O)CC1CC(C(=O)O)C1.C[C@H](OC(=O)C1CC(CC(=O)OC(C)(C)C)C1)c1ccccc1.O=C1CC(C(=O)O)C1.S. The zero-order chi connectivity index (χ0) is 58.1. The molecular formula is C57H86O19S. The molecule has 0 unspecified atom stereocenters. The molecule has 0 aliphatic heterocycles. The summed E-state index contributed by atoms with van der Waals surface area (Å²) in [7, 11) is 0. The third kappa shape index (κ3) is 29.0. The Bertz CT molecular complexity index is 2140. The average molecular weight is 1110 g/mol. The van der Waals surface area contributed by atoms with Gasteiger partial charge < -0.3 is 44.1 Å². The maximum atomic E-state index is 12.1. The fraction of sp³-hybridized carbons (Fsp3) is 0.684. The largest absolute Gasteiger partial charge is 0.481 e. The number of carboxylic acids is 4. The van der Waals surface area contributed by atoms with Crippen molar-refractivity contribution in [2.75, 3.05) is 0 Å². The van der Waals surface area contributed by atoms with E-state index in [9.17, 15) is 47.9 Å². The van der Waals surface area contributed by atoms with Gasteiger partial charge in [0.2, 0.25) is 0 Å². The van der Waals surface area contributed by atoms with E-state index in [2.05, 4.69) is 0 Å². The number of rotatable bonds is 14. The van der Waals surface area contributed by atoms with Gasteiger partial charge in [-0.05, 0) is 165 Å². The summed E-state index contributed by atoms with van der Waals surface area (Å²) in [6.07, 6.45) is 7.51. The Balaban J connectivity index is 0.000000495. The Kier molecular flexibility index (Phi) is 27.3. The second-order valence-electron chi connectivity index (χ2n) is 24.4. The molecule has 19 nitrogen and oxygen atoms in total. The number of benzene rings is 1. The van der Waals surface area contributed by atoms with E-state index in [0.29, 0.717) is 70.6 Å². The molecule has 1 aromatic rings. The van der Waals surface area contributed by atoms with E-state index in [1.54, 1.807) is 20.8 Å². The lowest BCUT2D eigenvalue weighted by Crippen LogP contribution is -2.35. The quantitative estimate of drug-likeness (QED) is 0.0765. The van der Waals surface area contributed by atoms with Gasteiger partial charge in [-0.2, -0.15) is 13.5 Å². The number of esters is 5. The monoisotopic (exact) mass is 1110 g/mol. The van der Waals surface area contributed by atoms with Crippen LogP contribution < -0.4 is 0 Å². The van der Waals surface area contributed by atoms with Crippen LogP contribution in [0.5, 0.6) is 0 Å². The summed E-state index contributed by atoms with van der Waals surface area (Å²) in [5.41, 5.74) is -0.00356. The van der Waals surface area contributed by atoms with Crippen LogP contribution in [0.25, 0.3) is 0 Å². The van der Waals surface area contributed by atoms with Crippen molar-refractivity contribution in [2.45, 2.75) is 202 Å². The molecule has 434 valence electrons. The van der Waals surface area contributed by atoms with Crippen molar-refractivity contribution in [2.24, 2.45) is 47.3 Å². The molecule has 5 aliphatic carbocycles. The maximum Gasteiger partial charge on any atom is 0.331 e. The first-order valence-corrected chi connectivity index (χ1v) is 26.0. The predicted molar refractivity (Wildman–Crippen MR) is 286 cm³/mol. The average Bonchev–Trinajstić information content (AvgIpc) is 3.16. The number of carbonyl (C=O) groups is 10. The van der Waals surface area contributed by atoms with Gasteiger partial charge >= 0.3 is 53.7 Å². The molecule has 5 saturated carbocycles. The van der Waals surface area contributed by atoms with Gasteiger partial charge in [0, 0.05) is 38.2 Å². The van der Waals surface area contributed by atoms with Gasteiger partial charge in [0.25, 0.3) is 0 Å². The van der Waals surface area contributed by atoms with E-state index in [1.807, 2.05) is 99.6 Å². The van der Waals surface area contributed by atoms with Crippen LogP contribution in [0, 0.1) is 47.3 Å². The molecular weight excluding hydrogens is 1020 g/mol. The van der Waals surface area contributed by atoms with E-state index < -0.39 is 46.3 Å². The summed E-state index contributed by atoms with van der Waals surface area (Å²) in [4.78, 5) is 110. The van der Waals surface area contributed by atoms with Crippen LogP contribution >= 0.6 is 13.5 Å². The first-order valence-electron chi connectivity index (χ1n) is 26.0. The van der Waals surface area contributed by atoms with Crippen molar-refractivity contribution in [3.05, 3.63) is 47.5 Å². The molecule has 6 rings (SSSR count). The third-order valence-electron chi connectivity index (χ3n) is 12.3. The topological polar surface area (TPSA) is 298 Å². The van der Waals surface area contributed by atoms with E-state index >= 15 is 0 Å². The van der Waals surface area contributed by atoms with Crippen molar-refractivity contribution in [3.63, 3.8) is 0 Å². The molecule has 5 aliphatic rings. The highest BCUT2D eigenvalue weighted by molar-refractivity contribution is 7.59. The van der Waals surface area contributed by atoms with Gasteiger partial charge in [0.1, 0.15) is 34.3 Å². The molecule has 0 amide bonds. The Hall–Kier alpha value is -5.79.